The minimum absolute atomic E-state index is 0.165. The number of amides is 1. The number of fused-ring (bicyclic) bond motifs is 1. The molecule has 2 heterocycles. The van der Waals surface area contributed by atoms with Crippen molar-refractivity contribution in [2.45, 2.75) is 13.0 Å². The van der Waals surface area contributed by atoms with E-state index >= 15 is 0 Å². The van der Waals surface area contributed by atoms with Gasteiger partial charge in [-0.2, -0.15) is 5.10 Å². The van der Waals surface area contributed by atoms with Crippen LogP contribution in [0, 0.1) is 0 Å². The molecule has 0 spiro atoms. The van der Waals surface area contributed by atoms with Gasteiger partial charge in [-0.05, 0) is 36.8 Å². The number of para-hydroxylation sites is 1. The number of aromatic nitrogens is 2. The summed E-state index contributed by atoms with van der Waals surface area (Å²) < 4.78 is 12.4. The topological polar surface area (TPSA) is 65.4 Å². The number of nitrogens with one attached hydrogen (secondary N) is 1. The zero-order valence-electron chi connectivity index (χ0n) is 13.7. The number of carbonyl (C=O) groups excluding carboxylic acids is 1. The summed E-state index contributed by atoms with van der Waals surface area (Å²) in [5.41, 5.74) is 2.37. The molecule has 0 aliphatic carbocycles. The molecule has 1 aliphatic rings. The molecule has 4 rings (SSSR count). The monoisotopic (exact) mass is 335 g/mol. The second kappa shape index (κ2) is 6.32. The van der Waals surface area contributed by atoms with Crippen LogP contribution < -0.4 is 14.8 Å². The second-order valence-electron chi connectivity index (χ2n) is 5.82. The third kappa shape index (κ3) is 3.06. The van der Waals surface area contributed by atoms with Crippen LogP contribution in [-0.2, 0) is 0 Å². The van der Waals surface area contributed by atoms with Crippen LogP contribution in [0.25, 0.3) is 5.69 Å². The molecule has 126 valence electrons. The zero-order valence-corrected chi connectivity index (χ0v) is 13.7. The molecule has 1 aromatic heterocycles. The van der Waals surface area contributed by atoms with Gasteiger partial charge in [0.05, 0.1) is 23.5 Å². The van der Waals surface area contributed by atoms with Crippen LogP contribution in [0.2, 0.25) is 0 Å². The molecule has 6 heteroatoms. The van der Waals surface area contributed by atoms with Crippen LogP contribution in [0.3, 0.4) is 0 Å². The van der Waals surface area contributed by atoms with Crippen molar-refractivity contribution in [1.29, 1.82) is 0 Å². The molecule has 0 fully saturated rings. The van der Waals surface area contributed by atoms with Gasteiger partial charge in [0.1, 0.15) is 0 Å². The van der Waals surface area contributed by atoms with Crippen LogP contribution in [0.15, 0.2) is 60.9 Å². The van der Waals surface area contributed by atoms with Crippen molar-refractivity contribution in [2.24, 2.45) is 0 Å². The summed E-state index contributed by atoms with van der Waals surface area (Å²) >= 11 is 0. The minimum atomic E-state index is -0.174. The lowest BCUT2D eigenvalue weighted by Gasteiger charge is -2.14. The van der Waals surface area contributed by atoms with Crippen molar-refractivity contribution in [2.75, 3.05) is 6.79 Å². The zero-order chi connectivity index (χ0) is 17.2. The summed E-state index contributed by atoms with van der Waals surface area (Å²) in [4.78, 5) is 12.5. The van der Waals surface area contributed by atoms with Crippen molar-refractivity contribution in [3.8, 4) is 17.2 Å². The smallest absolute Gasteiger partial charge is 0.254 e. The van der Waals surface area contributed by atoms with Gasteiger partial charge in [-0.3, -0.25) is 4.79 Å². The minimum Gasteiger partial charge on any atom is -0.454 e. The Morgan fingerprint density at radius 1 is 1.16 bits per heavy atom. The Labute approximate surface area is 145 Å². The highest BCUT2D eigenvalue weighted by molar-refractivity contribution is 5.94. The SMILES string of the molecule is CC(NC(=O)c1cnn(-c2ccccc2)c1)c1ccc2c(c1)OCO2. The first-order valence-electron chi connectivity index (χ1n) is 8.01. The number of rotatable bonds is 4. The Morgan fingerprint density at radius 2 is 1.96 bits per heavy atom. The fourth-order valence-electron chi connectivity index (χ4n) is 2.71. The number of benzene rings is 2. The Balaban J connectivity index is 1.47. The Morgan fingerprint density at radius 3 is 2.80 bits per heavy atom. The van der Waals surface area contributed by atoms with E-state index in [1.165, 1.54) is 0 Å². The van der Waals surface area contributed by atoms with Crippen LogP contribution in [-0.4, -0.2) is 22.5 Å². The van der Waals surface area contributed by atoms with E-state index in [-0.39, 0.29) is 18.7 Å². The third-order valence-electron chi connectivity index (χ3n) is 4.11. The van der Waals surface area contributed by atoms with Crippen molar-refractivity contribution in [3.63, 3.8) is 0 Å². The Bertz CT molecular complexity index is 905. The molecule has 1 unspecified atom stereocenters. The molecule has 25 heavy (non-hydrogen) atoms. The second-order valence-corrected chi connectivity index (χ2v) is 5.82. The molecule has 0 saturated carbocycles. The van der Waals surface area contributed by atoms with Crippen molar-refractivity contribution in [1.82, 2.24) is 15.1 Å². The average Bonchev–Trinajstić information content (AvgIpc) is 3.31. The standard InChI is InChI=1S/C19H17N3O3/c1-13(14-7-8-17-18(9-14)25-12-24-17)21-19(23)15-10-20-22(11-15)16-5-3-2-4-6-16/h2-11,13H,12H2,1H3,(H,21,23). The highest BCUT2D eigenvalue weighted by atomic mass is 16.7. The van der Waals surface area contributed by atoms with Gasteiger partial charge in [0.25, 0.3) is 5.91 Å². The first kappa shape index (κ1) is 15.3. The molecule has 3 aromatic rings. The third-order valence-corrected chi connectivity index (χ3v) is 4.11. The molecule has 1 atom stereocenters. The fraction of sp³-hybridized carbons (Fsp3) is 0.158. The number of ether oxygens (including phenoxy) is 2. The van der Waals surface area contributed by atoms with E-state index in [2.05, 4.69) is 10.4 Å². The van der Waals surface area contributed by atoms with E-state index in [1.54, 1.807) is 17.1 Å². The molecule has 6 nitrogen and oxygen atoms in total. The Hall–Kier alpha value is -3.28. The van der Waals surface area contributed by atoms with Gasteiger partial charge in [-0.25, -0.2) is 4.68 Å². The van der Waals surface area contributed by atoms with Crippen molar-refractivity contribution < 1.29 is 14.3 Å². The number of hydrogen-bond acceptors (Lipinski definition) is 4. The highest BCUT2D eigenvalue weighted by Crippen LogP contribution is 2.34. The van der Waals surface area contributed by atoms with Gasteiger partial charge < -0.3 is 14.8 Å². The number of nitrogens with zero attached hydrogens (tertiary/aromatic N) is 2. The fourth-order valence-corrected chi connectivity index (χ4v) is 2.71. The van der Waals surface area contributed by atoms with Crippen LogP contribution in [0.5, 0.6) is 11.5 Å². The molecule has 1 aliphatic heterocycles. The van der Waals surface area contributed by atoms with Crippen LogP contribution in [0.4, 0.5) is 0 Å². The van der Waals surface area contributed by atoms with Crippen LogP contribution in [0.1, 0.15) is 28.9 Å². The lowest BCUT2D eigenvalue weighted by atomic mass is 10.1. The summed E-state index contributed by atoms with van der Waals surface area (Å²) in [7, 11) is 0. The summed E-state index contributed by atoms with van der Waals surface area (Å²) in [5.74, 6) is 1.26. The lowest BCUT2D eigenvalue weighted by Crippen LogP contribution is -2.26. The number of hydrogen-bond donors (Lipinski definition) is 1. The van der Waals surface area contributed by atoms with E-state index in [0.717, 1.165) is 17.0 Å². The van der Waals surface area contributed by atoms with Crippen molar-refractivity contribution in [3.05, 3.63) is 72.1 Å². The van der Waals surface area contributed by atoms with Gasteiger partial charge in [0.15, 0.2) is 11.5 Å². The van der Waals surface area contributed by atoms with E-state index in [4.69, 9.17) is 9.47 Å². The first-order valence-corrected chi connectivity index (χ1v) is 8.01. The molecule has 0 radical (unpaired) electrons. The largest absolute Gasteiger partial charge is 0.454 e. The number of carbonyl (C=O) groups is 1. The molecular weight excluding hydrogens is 318 g/mol. The molecule has 1 amide bonds. The normalized spacial score (nSPS) is 13.5. The summed E-state index contributed by atoms with van der Waals surface area (Å²) in [6.45, 7) is 2.16. The maximum atomic E-state index is 12.5. The highest BCUT2D eigenvalue weighted by Gasteiger charge is 2.18. The van der Waals surface area contributed by atoms with E-state index in [0.29, 0.717) is 11.3 Å². The predicted molar refractivity (Wildman–Crippen MR) is 92.0 cm³/mol. The maximum absolute atomic E-state index is 12.5. The van der Waals surface area contributed by atoms with Gasteiger partial charge >= 0.3 is 0 Å². The average molecular weight is 335 g/mol. The van der Waals surface area contributed by atoms with E-state index < -0.39 is 0 Å². The van der Waals surface area contributed by atoms with Crippen molar-refractivity contribution >= 4 is 5.91 Å². The van der Waals surface area contributed by atoms with Gasteiger partial charge in [0.2, 0.25) is 6.79 Å². The Kier molecular flexibility index (Phi) is 3.85. The summed E-state index contributed by atoms with van der Waals surface area (Å²) in [6.07, 6.45) is 3.28. The lowest BCUT2D eigenvalue weighted by molar-refractivity contribution is 0.0939. The molecular formula is C19H17N3O3. The van der Waals surface area contributed by atoms with Gasteiger partial charge in [-0.1, -0.05) is 24.3 Å². The summed E-state index contributed by atoms with van der Waals surface area (Å²) in [5, 5.41) is 7.23. The maximum Gasteiger partial charge on any atom is 0.254 e. The van der Waals surface area contributed by atoms with E-state index in [1.807, 2.05) is 55.5 Å². The molecule has 0 bridgehead atoms. The quantitative estimate of drug-likeness (QED) is 0.796. The van der Waals surface area contributed by atoms with E-state index in [9.17, 15) is 4.79 Å². The molecule has 2 aromatic carbocycles. The van der Waals surface area contributed by atoms with Crippen LogP contribution >= 0.6 is 0 Å². The van der Waals surface area contributed by atoms with Gasteiger partial charge in [0, 0.05) is 6.20 Å². The summed E-state index contributed by atoms with van der Waals surface area (Å²) in [6, 6.07) is 15.2. The van der Waals surface area contributed by atoms with Gasteiger partial charge in [-0.15, -0.1) is 0 Å². The first-order chi connectivity index (χ1) is 12.2. The predicted octanol–water partition coefficient (Wildman–Crippen LogP) is 3.09. The molecule has 0 saturated heterocycles. The molecule has 1 N–H and O–H groups in total.